The smallest absolute Gasteiger partial charge is 0.148 e. The van der Waals surface area contributed by atoms with Crippen molar-refractivity contribution in [2.24, 2.45) is 7.05 Å². The molecule has 0 N–H and O–H groups in total. The Morgan fingerprint density at radius 2 is 1.62 bits per heavy atom. The molecule has 2 rings (SSSR count). The number of nitrogens with zero attached hydrogens (tertiary/aromatic N) is 4. The Kier molecular flexibility index (Phi) is 3.89. The molecule has 4 nitrogen and oxygen atoms in total. The molecule has 1 aromatic heterocycles. The van der Waals surface area contributed by atoms with Gasteiger partial charge in [0, 0.05) is 24.5 Å². The van der Waals surface area contributed by atoms with Crippen molar-refractivity contribution in [1.82, 2.24) is 4.57 Å². The first kappa shape index (κ1) is 14.1. The number of hydrogen-bond donors (Lipinski definition) is 0. The van der Waals surface area contributed by atoms with Crippen molar-refractivity contribution < 1.29 is 0 Å². The van der Waals surface area contributed by atoms with Crippen LogP contribution < -0.4 is 0 Å². The van der Waals surface area contributed by atoms with Gasteiger partial charge in [0.2, 0.25) is 0 Å². The first-order valence-electron chi connectivity index (χ1n) is 6.29. The highest BCUT2D eigenvalue weighted by Gasteiger charge is 2.13. The molecule has 4 heteroatoms. The van der Waals surface area contributed by atoms with E-state index in [4.69, 9.17) is 10.5 Å². The third kappa shape index (κ3) is 2.68. The molecule has 0 atom stereocenters. The number of nitriles is 3. The van der Waals surface area contributed by atoms with E-state index in [2.05, 4.69) is 0 Å². The van der Waals surface area contributed by atoms with E-state index in [9.17, 15) is 5.26 Å². The number of aryl methyl sites for hydroxylation is 2. The second kappa shape index (κ2) is 5.78. The normalized spacial score (nSPS) is 9.29. The zero-order chi connectivity index (χ0) is 15.4. The van der Waals surface area contributed by atoms with Gasteiger partial charge in [0.25, 0.3) is 0 Å². The van der Waals surface area contributed by atoms with E-state index >= 15 is 0 Å². The molecule has 0 bridgehead atoms. The molecule has 0 aliphatic rings. The highest BCUT2D eigenvalue weighted by molar-refractivity contribution is 5.85. The molecule has 0 unspecified atom stereocenters. The maximum Gasteiger partial charge on any atom is 0.148 e. The molecular weight excluding hydrogens is 260 g/mol. The van der Waals surface area contributed by atoms with Gasteiger partial charge in [0.05, 0.1) is 5.57 Å². The van der Waals surface area contributed by atoms with Crippen molar-refractivity contribution in [3.63, 3.8) is 0 Å². The zero-order valence-electron chi connectivity index (χ0n) is 11.8. The Bertz CT molecular complexity index is 815. The maximum absolute atomic E-state index is 9.20. The number of rotatable bonds is 2. The van der Waals surface area contributed by atoms with Crippen LogP contribution in [0.15, 0.2) is 42.1 Å². The summed E-state index contributed by atoms with van der Waals surface area (Å²) in [5.41, 5.74) is 3.62. The standard InChI is InChI=1S/C17H12N4/c1-12-3-5-13(6-4-12)17-7-14(11-21(17)2)16(10-20)15(8-18)9-19/h3-7,11H,1-2H3. The first-order chi connectivity index (χ1) is 10.1. The van der Waals surface area contributed by atoms with Crippen LogP contribution in [0.4, 0.5) is 0 Å². The van der Waals surface area contributed by atoms with Crippen LogP contribution in [0.2, 0.25) is 0 Å². The number of hydrogen-bond acceptors (Lipinski definition) is 3. The van der Waals surface area contributed by atoms with Crippen molar-refractivity contribution in [1.29, 1.82) is 15.8 Å². The first-order valence-corrected chi connectivity index (χ1v) is 6.29. The minimum atomic E-state index is -0.168. The van der Waals surface area contributed by atoms with Crippen LogP contribution in [-0.4, -0.2) is 4.57 Å². The predicted octanol–water partition coefficient (Wildman–Crippen LogP) is 3.32. The summed E-state index contributed by atoms with van der Waals surface area (Å²) in [5.74, 6) is 0. The van der Waals surface area contributed by atoms with Crippen molar-refractivity contribution >= 4 is 5.57 Å². The molecule has 0 aliphatic heterocycles. The third-order valence-corrected chi connectivity index (χ3v) is 3.23. The van der Waals surface area contributed by atoms with Gasteiger partial charge < -0.3 is 4.57 Å². The lowest BCUT2D eigenvalue weighted by Crippen LogP contribution is -1.89. The summed E-state index contributed by atoms with van der Waals surface area (Å²) in [6.45, 7) is 2.02. The number of allylic oxidation sites excluding steroid dienone is 2. The van der Waals surface area contributed by atoms with E-state index in [1.54, 1.807) is 18.3 Å². The second-order valence-electron chi connectivity index (χ2n) is 4.68. The van der Waals surface area contributed by atoms with E-state index in [-0.39, 0.29) is 11.1 Å². The van der Waals surface area contributed by atoms with E-state index in [0.717, 1.165) is 11.3 Å². The molecule has 0 amide bonds. The summed E-state index contributed by atoms with van der Waals surface area (Å²) in [6.07, 6.45) is 1.75. The van der Waals surface area contributed by atoms with Crippen molar-refractivity contribution in [2.45, 2.75) is 6.92 Å². The largest absolute Gasteiger partial charge is 0.350 e. The SMILES string of the molecule is Cc1ccc(-c2cc(C(C#N)=C(C#N)C#N)cn2C)cc1. The minimum absolute atomic E-state index is 0.106. The van der Waals surface area contributed by atoms with Crippen molar-refractivity contribution in [3.8, 4) is 29.5 Å². The molecule has 0 fully saturated rings. The fourth-order valence-electron chi connectivity index (χ4n) is 2.11. The monoisotopic (exact) mass is 272 g/mol. The van der Waals surface area contributed by atoms with Gasteiger partial charge in [-0.3, -0.25) is 0 Å². The van der Waals surface area contributed by atoms with Gasteiger partial charge in [-0.2, -0.15) is 15.8 Å². The van der Waals surface area contributed by atoms with Crippen LogP contribution >= 0.6 is 0 Å². The summed E-state index contributed by atoms with van der Waals surface area (Å²) >= 11 is 0. The topological polar surface area (TPSA) is 76.3 Å². The van der Waals surface area contributed by atoms with Crippen molar-refractivity contribution in [3.05, 3.63) is 53.2 Å². The fraction of sp³-hybridized carbons (Fsp3) is 0.118. The Hall–Kier alpha value is -3.29. The molecule has 100 valence electrons. The third-order valence-electron chi connectivity index (χ3n) is 3.23. The van der Waals surface area contributed by atoms with Crippen LogP contribution in [0.25, 0.3) is 16.8 Å². The summed E-state index contributed by atoms with van der Waals surface area (Å²) in [4.78, 5) is 0. The zero-order valence-corrected chi connectivity index (χ0v) is 11.8. The van der Waals surface area contributed by atoms with Crippen LogP contribution in [0.5, 0.6) is 0 Å². The maximum atomic E-state index is 9.20. The van der Waals surface area contributed by atoms with Gasteiger partial charge in [-0.1, -0.05) is 29.8 Å². The molecule has 0 saturated heterocycles. The summed E-state index contributed by atoms with van der Waals surface area (Å²) < 4.78 is 1.88. The lowest BCUT2D eigenvalue weighted by atomic mass is 10.0. The average Bonchev–Trinajstić information content (AvgIpc) is 2.87. The van der Waals surface area contributed by atoms with Crippen LogP contribution in [0, 0.1) is 40.9 Å². The summed E-state index contributed by atoms with van der Waals surface area (Å²) in [5, 5.41) is 27.0. The average molecular weight is 272 g/mol. The minimum Gasteiger partial charge on any atom is -0.350 e. The van der Waals surface area contributed by atoms with Crippen LogP contribution in [-0.2, 0) is 7.05 Å². The Morgan fingerprint density at radius 1 is 1.00 bits per heavy atom. The molecule has 0 radical (unpaired) electrons. The molecule has 0 spiro atoms. The van der Waals surface area contributed by atoms with E-state index in [1.807, 2.05) is 54.9 Å². The van der Waals surface area contributed by atoms with Crippen LogP contribution in [0.1, 0.15) is 11.1 Å². The van der Waals surface area contributed by atoms with Crippen molar-refractivity contribution in [2.75, 3.05) is 0 Å². The molecule has 1 heterocycles. The molecule has 21 heavy (non-hydrogen) atoms. The molecule has 0 saturated carbocycles. The van der Waals surface area contributed by atoms with Gasteiger partial charge in [-0.15, -0.1) is 0 Å². The summed E-state index contributed by atoms with van der Waals surface area (Å²) in [7, 11) is 1.87. The predicted molar refractivity (Wildman–Crippen MR) is 79.3 cm³/mol. The lowest BCUT2D eigenvalue weighted by molar-refractivity contribution is 0.936. The lowest BCUT2D eigenvalue weighted by Gasteiger charge is -2.03. The summed E-state index contributed by atoms with van der Waals surface area (Å²) in [6, 6.07) is 15.3. The Labute approximate surface area is 123 Å². The molecule has 2 aromatic rings. The van der Waals surface area contributed by atoms with Gasteiger partial charge in [0.15, 0.2) is 0 Å². The number of benzene rings is 1. The molecular formula is C17H12N4. The van der Waals surface area contributed by atoms with Gasteiger partial charge in [-0.25, -0.2) is 0 Å². The second-order valence-corrected chi connectivity index (χ2v) is 4.68. The van der Waals surface area contributed by atoms with E-state index < -0.39 is 0 Å². The van der Waals surface area contributed by atoms with Crippen LogP contribution in [0.3, 0.4) is 0 Å². The Balaban J connectivity index is 2.58. The van der Waals surface area contributed by atoms with Gasteiger partial charge in [-0.05, 0) is 18.6 Å². The van der Waals surface area contributed by atoms with Gasteiger partial charge >= 0.3 is 0 Å². The van der Waals surface area contributed by atoms with E-state index in [1.165, 1.54) is 5.56 Å². The highest BCUT2D eigenvalue weighted by atomic mass is 14.9. The highest BCUT2D eigenvalue weighted by Crippen LogP contribution is 2.27. The quantitative estimate of drug-likeness (QED) is 0.787. The molecule has 0 aliphatic carbocycles. The Morgan fingerprint density at radius 3 is 2.14 bits per heavy atom. The molecule has 1 aromatic carbocycles. The van der Waals surface area contributed by atoms with E-state index in [0.29, 0.717) is 5.56 Å². The fourth-order valence-corrected chi connectivity index (χ4v) is 2.11. The number of aromatic nitrogens is 1. The van der Waals surface area contributed by atoms with Gasteiger partial charge in [0.1, 0.15) is 23.8 Å².